The van der Waals surface area contributed by atoms with Gasteiger partial charge < -0.3 is 14.8 Å². The monoisotopic (exact) mass is 297 g/mol. The third-order valence-corrected chi connectivity index (χ3v) is 3.59. The Morgan fingerprint density at radius 1 is 1.40 bits per heavy atom. The zero-order valence-corrected chi connectivity index (χ0v) is 13.3. The van der Waals surface area contributed by atoms with Gasteiger partial charge in [-0.1, -0.05) is 23.7 Å². The van der Waals surface area contributed by atoms with Crippen molar-refractivity contribution >= 4 is 11.6 Å². The number of para-hydroxylation sites is 1. The Hall–Kier alpha value is -0.770. The van der Waals surface area contributed by atoms with Crippen LogP contribution in [-0.4, -0.2) is 24.9 Å². The van der Waals surface area contributed by atoms with Gasteiger partial charge in [0.15, 0.2) is 0 Å². The molecule has 1 aromatic rings. The molecule has 1 aromatic carbocycles. The van der Waals surface area contributed by atoms with Crippen LogP contribution in [0.15, 0.2) is 18.2 Å². The smallest absolute Gasteiger partial charge is 0.142 e. The fraction of sp³-hybridized carbons (Fsp3) is 0.625. The molecule has 1 aliphatic heterocycles. The van der Waals surface area contributed by atoms with E-state index in [-0.39, 0.29) is 11.6 Å². The lowest BCUT2D eigenvalue weighted by molar-refractivity contribution is 0.0676. The fourth-order valence-corrected chi connectivity index (χ4v) is 2.42. The molecule has 0 saturated carbocycles. The molecule has 1 saturated heterocycles. The van der Waals surface area contributed by atoms with Crippen molar-refractivity contribution in [2.45, 2.75) is 51.8 Å². The summed E-state index contributed by atoms with van der Waals surface area (Å²) in [6.07, 6.45) is 2.39. The van der Waals surface area contributed by atoms with Crippen LogP contribution < -0.4 is 10.1 Å². The zero-order chi connectivity index (χ0) is 14.6. The number of nitrogens with one attached hydrogen (secondary N) is 1. The van der Waals surface area contributed by atoms with Gasteiger partial charge in [-0.05, 0) is 39.7 Å². The zero-order valence-electron chi connectivity index (χ0n) is 12.5. The highest BCUT2D eigenvalue weighted by atomic mass is 35.5. The lowest BCUT2D eigenvalue weighted by Gasteiger charge is -2.22. The van der Waals surface area contributed by atoms with Crippen LogP contribution in [0.5, 0.6) is 5.75 Å². The average Bonchev–Trinajstić information content (AvgIpc) is 2.87. The van der Waals surface area contributed by atoms with E-state index >= 15 is 0 Å². The molecule has 112 valence electrons. The molecule has 1 heterocycles. The summed E-state index contributed by atoms with van der Waals surface area (Å²) in [6, 6.07) is 5.88. The normalized spacial score (nSPS) is 19.3. The summed E-state index contributed by atoms with van der Waals surface area (Å²) in [6.45, 7) is 8.59. The highest BCUT2D eigenvalue weighted by molar-refractivity contribution is 6.32. The molecule has 0 aromatic heterocycles. The van der Waals surface area contributed by atoms with Crippen molar-refractivity contribution in [3.63, 3.8) is 0 Å². The van der Waals surface area contributed by atoms with Crippen LogP contribution >= 0.6 is 11.6 Å². The van der Waals surface area contributed by atoms with Gasteiger partial charge in [0.05, 0.1) is 11.1 Å². The minimum Gasteiger partial charge on any atom is -0.489 e. The predicted octanol–water partition coefficient (Wildman–Crippen LogP) is 3.79. The van der Waals surface area contributed by atoms with E-state index in [1.54, 1.807) is 0 Å². The molecule has 1 aliphatic rings. The van der Waals surface area contributed by atoms with Gasteiger partial charge in [0.25, 0.3) is 0 Å². The Balaban J connectivity index is 2.01. The molecule has 0 spiro atoms. The number of ether oxygens (including phenoxy) is 2. The van der Waals surface area contributed by atoms with Gasteiger partial charge in [0, 0.05) is 24.3 Å². The number of hydrogen-bond acceptors (Lipinski definition) is 3. The summed E-state index contributed by atoms with van der Waals surface area (Å²) in [7, 11) is 0. The van der Waals surface area contributed by atoms with Crippen molar-refractivity contribution in [3.8, 4) is 5.75 Å². The van der Waals surface area contributed by atoms with E-state index in [4.69, 9.17) is 21.1 Å². The fourth-order valence-electron chi connectivity index (χ4n) is 2.17. The third kappa shape index (κ3) is 4.65. The SMILES string of the molecule is CC(C)(C)NCc1cccc(Cl)c1OCC1CCCO1. The summed E-state index contributed by atoms with van der Waals surface area (Å²) in [5, 5.41) is 4.13. The Kier molecular flexibility index (Phi) is 5.30. The van der Waals surface area contributed by atoms with Gasteiger partial charge >= 0.3 is 0 Å². The lowest BCUT2D eigenvalue weighted by Crippen LogP contribution is -2.35. The van der Waals surface area contributed by atoms with Crippen LogP contribution in [0.3, 0.4) is 0 Å². The Morgan fingerprint density at radius 3 is 2.85 bits per heavy atom. The van der Waals surface area contributed by atoms with Gasteiger partial charge in [0.2, 0.25) is 0 Å². The number of halogens is 1. The van der Waals surface area contributed by atoms with E-state index in [0.717, 1.165) is 37.3 Å². The van der Waals surface area contributed by atoms with Crippen LogP contribution in [-0.2, 0) is 11.3 Å². The molecule has 1 N–H and O–H groups in total. The first-order chi connectivity index (χ1) is 9.46. The molecule has 1 unspecified atom stereocenters. The van der Waals surface area contributed by atoms with Crippen molar-refractivity contribution in [3.05, 3.63) is 28.8 Å². The van der Waals surface area contributed by atoms with E-state index in [1.807, 2.05) is 12.1 Å². The van der Waals surface area contributed by atoms with Crippen molar-refractivity contribution < 1.29 is 9.47 Å². The quantitative estimate of drug-likeness (QED) is 0.897. The molecule has 3 nitrogen and oxygen atoms in total. The predicted molar refractivity (Wildman–Crippen MR) is 82.5 cm³/mol. The number of rotatable bonds is 5. The van der Waals surface area contributed by atoms with Crippen molar-refractivity contribution in [2.75, 3.05) is 13.2 Å². The van der Waals surface area contributed by atoms with Crippen molar-refractivity contribution in [1.29, 1.82) is 0 Å². The molecule has 0 aliphatic carbocycles. The summed E-state index contributed by atoms with van der Waals surface area (Å²) in [4.78, 5) is 0. The molecular formula is C16H24ClNO2. The average molecular weight is 298 g/mol. The first-order valence-corrected chi connectivity index (χ1v) is 7.60. The molecule has 2 rings (SSSR count). The Bertz CT molecular complexity index is 437. The van der Waals surface area contributed by atoms with Crippen molar-refractivity contribution in [2.24, 2.45) is 0 Å². The molecule has 1 atom stereocenters. The van der Waals surface area contributed by atoms with Gasteiger partial charge in [0.1, 0.15) is 12.4 Å². The third-order valence-electron chi connectivity index (χ3n) is 3.30. The van der Waals surface area contributed by atoms with E-state index in [9.17, 15) is 0 Å². The summed E-state index contributed by atoms with van der Waals surface area (Å²) in [5.74, 6) is 0.779. The summed E-state index contributed by atoms with van der Waals surface area (Å²) >= 11 is 6.27. The van der Waals surface area contributed by atoms with Gasteiger partial charge in [-0.25, -0.2) is 0 Å². The van der Waals surface area contributed by atoms with Crippen LogP contribution in [0.2, 0.25) is 5.02 Å². The second-order valence-electron chi connectivity index (χ2n) is 6.28. The second-order valence-corrected chi connectivity index (χ2v) is 6.68. The van der Waals surface area contributed by atoms with Crippen LogP contribution in [0.25, 0.3) is 0 Å². The largest absolute Gasteiger partial charge is 0.489 e. The standard InChI is InChI=1S/C16H24ClNO2/c1-16(2,3)18-10-12-6-4-8-14(17)15(12)20-11-13-7-5-9-19-13/h4,6,8,13,18H,5,7,9-11H2,1-3H3. The topological polar surface area (TPSA) is 30.5 Å². The van der Waals surface area contributed by atoms with Crippen LogP contribution in [0.4, 0.5) is 0 Å². The molecular weight excluding hydrogens is 274 g/mol. The minimum atomic E-state index is 0.0636. The molecule has 0 radical (unpaired) electrons. The van der Waals surface area contributed by atoms with Gasteiger partial charge in [-0.3, -0.25) is 0 Å². The second kappa shape index (κ2) is 6.79. The lowest BCUT2D eigenvalue weighted by atomic mass is 10.1. The summed E-state index contributed by atoms with van der Waals surface area (Å²) in [5.41, 5.74) is 1.15. The summed E-state index contributed by atoms with van der Waals surface area (Å²) < 4.78 is 11.5. The Labute approximate surface area is 126 Å². The number of benzene rings is 1. The van der Waals surface area contributed by atoms with Gasteiger partial charge in [-0.2, -0.15) is 0 Å². The maximum atomic E-state index is 6.27. The molecule has 20 heavy (non-hydrogen) atoms. The number of hydrogen-bond donors (Lipinski definition) is 1. The van der Waals surface area contributed by atoms with Crippen LogP contribution in [0.1, 0.15) is 39.2 Å². The molecule has 0 bridgehead atoms. The first-order valence-electron chi connectivity index (χ1n) is 7.22. The maximum absolute atomic E-state index is 6.27. The maximum Gasteiger partial charge on any atom is 0.142 e. The van der Waals surface area contributed by atoms with Gasteiger partial charge in [-0.15, -0.1) is 0 Å². The first kappa shape index (κ1) is 15.6. The van der Waals surface area contributed by atoms with E-state index < -0.39 is 0 Å². The van der Waals surface area contributed by atoms with E-state index in [0.29, 0.717) is 11.6 Å². The molecule has 0 amide bonds. The van der Waals surface area contributed by atoms with Crippen molar-refractivity contribution in [1.82, 2.24) is 5.32 Å². The molecule has 4 heteroatoms. The highest BCUT2D eigenvalue weighted by Gasteiger charge is 2.18. The molecule has 1 fully saturated rings. The highest BCUT2D eigenvalue weighted by Crippen LogP contribution is 2.29. The van der Waals surface area contributed by atoms with E-state index in [2.05, 4.69) is 32.2 Å². The minimum absolute atomic E-state index is 0.0636. The van der Waals surface area contributed by atoms with Crippen LogP contribution in [0, 0.1) is 0 Å². The van der Waals surface area contributed by atoms with E-state index in [1.165, 1.54) is 0 Å². The Morgan fingerprint density at radius 2 is 2.20 bits per heavy atom.